The smallest absolute Gasteiger partial charge is 0.305 e. The van der Waals surface area contributed by atoms with Crippen molar-refractivity contribution in [2.24, 2.45) is 0 Å². The normalized spacial score (nSPS) is 10.2. The van der Waals surface area contributed by atoms with E-state index in [9.17, 15) is 19.3 Å². The molecule has 1 heterocycles. The highest BCUT2D eigenvalue weighted by atomic mass is 35.5. The molecular formula is C13H9ClFN3O3. The predicted molar refractivity (Wildman–Crippen MR) is 74.6 cm³/mol. The molecule has 21 heavy (non-hydrogen) atoms. The monoisotopic (exact) mass is 309 g/mol. The Labute approximate surface area is 123 Å². The van der Waals surface area contributed by atoms with Gasteiger partial charge in [-0.25, -0.2) is 9.37 Å². The number of carbonyl (C=O) groups is 1. The first-order chi connectivity index (χ1) is 9.95. The Morgan fingerprint density at radius 3 is 2.57 bits per heavy atom. The minimum Gasteiger partial charge on any atom is -0.305 e. The zero-order chi connectivity index (χ0) is 15.4. The molecule has 2 aromatic rings. The van der Waals surface area contributed by atoms with Gasteiger partial charge in [-0.3, -0.25) is 14.9 Å². The van der Waals surface area contributed by atoms with Crippen LogP contribution in [0.5, 0.6) is 0 Å². The molecular weight excluding hydrogens is 301 g/mol. The number of nitrogens with one attached hydrogen (secondary N) is 1. The summed E-state index contributed by atoms with van der Waals surface area (Å²) in [5.41, 5.74) is 0.213. The van der Waals surface area contributed by atoms with Crippen molar-refractivity contribution in [2.75, 3.05) is 5.32 Å². The number of nitrogens with zero attached hydrogens (tertiary/aromatic N) is 2. The summed E-state index contributed by atoms with van der Waals surface area (Å²) in [6.45, 7) is 0. The van der Waals surface area contributed by atoms with Crippen LogP contribution in [0.3, 0.4) is 0 Å². The summed E-state index contributed by atoms with van der Waals surface area (Å²) in [7, 11) is 0. The molecule has 0 saturated heterocycles. The number of carbonyl (C=O) groups excluding carboxylic acids is 1. The molecule has 1 N–H and O–H groups in total. The second kappa shape index (κ2) is 6.27. The van der Waals surface area contributed by atoms with Crippen molar-refractivity contribution < 1.29 is 14.1 Å². The van der Waals surface area contributed by atoms with E-state index in [2.05, 4.69) is 10.3 Å². The van der Waals surface area contributed by atoms with E-state index in [0.717, 1.165) is 6.07 Å². The number of rotatable bonds is 4. The minimum atomic E-state index is -0.670. The molecule has 1 aromatic carbocycles. The summed E-state index contributed by atoms with van der Waals surface area (Å²) >= 11 is 5.66. The number of hydrogen-bond donors (Lipinski definition) is 1. The van der Waals surface area contributed by atoms with Crippen LogP contribution in [0.2, 0.25) is 5.15 Å². The van der Waals surface area contributed by atoms with E-state index in [4.69, 9.17) is 11.6 Å². The van der Waals surface area contributed by atoms with E-state index in [0.29, 0.717) is 5.56 Å². The van der Waals surface area contributed by atoms with Crippen molar-refractivity contribution in [3.8, 4) is 0 Å². The number of hydrogen-bond acceptors (Lipinski definition) is 4. The molecule has 0 unspecified atom stereocenters. The van der Waals surface area contributed by atoms with Crippen LogP contribution in [0.25, 0.3) is 0 Å². The van der Waals surface area contributed by atoms with Gasteiger partial charge in [-0.05, 0) is 23.8 Å². The molecule has 0 spiro atoms. The van der Waals surface area contributed by atoms with E-state index in [1.54, 1.807) is 0 Å². The van der Waals surface area contributed by atoms with E-state index in [1.807, 2.05) is 0 Å². The maximum atomic E-state index is 12.8. The predicted octanol–water partition coefficient (Wildman–Crippen LogP) is 2.96. The van der Waals surface area contributed by atoms with Crippen LogP contribution in [-0.2, 0) is 11.2 Å². The average molecular weight is 310 g/mol. The number of nitro groups is 1. The molecule has 2 rings (SSSR count). The molecule has 0 aliphatic heterocycles. The molecule has 0 saturated carbocycles. The molecule has 0 aliphatic carbocycles. The molecule has 1 amide bonds. The average Bonchev–Trinajstić information content (AvgIpc) is 2.41. The summed E-state index contributed by atoms with van der Waals surface area (Å²) < 4.78 is 12.8. The van der Waals surface area contributed by atoms with Crippen molar-refractivity contribution in [2.45, 2.75) is 6.42 Å². The van der Waals surface area contributed by atoms with Crippen LogP contribution in [-0.4, -0.2) is 15.8 Å². The maximum absolute atomic E-state index is 12.8. The maximum Gasteiger partial charge on any atom is 0.311 e. The molecule has 0 radical (unpaired) electrons. The highest BCUT2D eigenvalue weighted by molar-refractivity contribution is 6.29. The lowest BCUT2D eigenvalue weighted by Gasteiger charge is -2.05. The fourth-order valence-corrected chi connectivity index (χ4v) is 1.78. The Balaban J connectivity index is 2.14. The summed E-state index contributed by atoms with van der Waals surface area (Å²) in [5, 5.41) is 13.2. The van der Waals surface area contributed by atoms with Crippen molar-refractivity contribution in [3.63, 3.8) is 0 Å². The quantitative estimate of drug-likeness (QED) is 0.534. The number of aromatic nitrogens is 1. The van der Waals surface area contributed by atoms with Crippen molar-refractivity contribution in [1.82, 2.24) is 4.98 Å². The summed E-state index contributed by atoms with van der Waals surface area (Å²) in [6, 6.07) is 7.77. The van der Waals surface area contributed by atoms with Gasteiger partial charge in [-0.1, -0.05) is 23.7 Å². The fourth-order valence-electron chi connectivity index (χ4n) is 1.63. The zero-order valence-corrected chi connectivity index (χ0v) is 11.3. The topological polar surface area (TPSA) is 85.1 Å². The van der Waals surface area contributed by atoms with E-state index >= 15 is 0 Å². The number of anilines is 1. The highest BCUT2D eigenvalue weighted by Crippen LogP contribution is 2.24. The van der Waals surface area contributed by atoms with Crippen LogP contribution < -0.4 is 5.32 Å². The van der Waals surface area contributed by atoms with Crippen LogP contribution >= 0.6 is 11.6 Å². The summed E-state index contributed by atoms with van der Waals surface area (Å²) in [4.78, 5) is 25.7. The second-order valence-corrected chi connectivity index (χ2v) is 4.50. The van der Waals surface area contributed by atoms with Gasteiger partial charge in [0.15, 0.2) is 0 Å². The van der Waals surface area contributed by atoms with E-state index in [1.165, 1.54) is 30.3 Å². The molecule has 0 atom stereocenters. The molecule has 108 valence electrons. The minimum absolute atomic E-state index is 0.0256. The lowest BCUT2D eigenvalue weighted by molar-refractivity contribution is -0.384. The van der Waals surface area contributed by atoms with Crippen molar-refractivity contribution in [3.05, 3.63) is 63.0 Å². The third kappa shape index (κ3) is 3.96. The third-order valence-corrected chi connectivity index (χ3v) is 2.78. The number of amides is 1. The molecule has 6 nitrogen and oxygen atoms in total. The molecule has 0 fully saturated rings. The van der Waals surface area contributed by atoms with Gasteiger partial charge < -0.3 is 5.32 Å². The van der Waals surface area contributed by atoms with E-state index < -0.39 is 16.6 Å². The highest BCUT2D eigenvalue weighted by Gasteiger charge is 2.18. The van der Waals surface area contributed by atoms with Gasteiger partial charge in [-0.15, -0.1) is 0 Å². The van der Waals surface area contributed by atoms with Crippen LogP contribution in [0.4, 0.5) is 15.9 Å². The van der Waals surface area contributed by atoms with Gasteiger partial charge in [0.25, 0.3) is 0 Å². The van der Waals surface area contributed by atoms with Crippen LogP contribution in [0.15, 0.2) is 36.4 Å². The largest absolute Gasteiger partial charge is 0.311 e. The van der Waals surface area contributed by atoms with Gasteiger partial charge in [0, 0.05) is 6.07 Å². The fraction of sp³-hybridized carbons (Fsp3) is 0.0769. The molecule has 0 bridgehead atoms. The Bertz CT molecular complexity index is 692. The van der Waals surface area contributed by atoms with E-state index in [-0.39, 0.29) is 23.1 Å². The third-order valence-electron chi connectivity index (χ3n) is 2.57. The Morgan fingerprint density at radius 1 is 1.29 bits per heavy atom. The van der Waals surface area contributed by atoms with Gasteiger partial charge in [0.2, 0.25) is 11.7 Å². The first-order valence-electron chi connectivity index (χ1n) is 5.81. The Hall–Kier alpha value is -2.54. The first kappa shape index (κ1) is 14.9. The lowest BCUT2D eigenvalue weighted by Crippen LogP contribution is -2.16. The standard InChI is InChI=1S/C13H9ClFN3O3/c14-11-6-5-10(18(20)21)13(16-11)17-12(19)7-8-1-3-9(15)4-2-8/h1-6H,7H2,(H,16,17,19). The molecule has 0 aliphatic rings. The SMILES string of the molecule is O=C(Cc1ccc(F)cc1)Nc1nc(Cl)ccc1[N+](=O)[O-]. The molecule has 8 heteroatoms. The van der Waals surface area contributed by atoms with Crippen molar-refractivity contribution in [1.29, 1.82) is 0 Å². The van der Waals surface area contributed by atoms with Crippen molar-refractivity contribution >= 4 is 29.0 Å². The van der Waals surface area contributed by atoms with Gasteiger partial charge in [-0.2, -0.15) is 0 Å². The van der Waals surface area contributed by atoms with Gasteiger partial charge in [0.1, 0.15) is 11.0 Å². The Kier molecular flexibility index (Phi) is 4.44. The van der Waals surface area contributed by atoms with Crippen LogP contribution in [0, 0.1) is 15.9 Å². The van der Waals surface area contributed by atoms with Crippen LogP contribution in [0.1, 0.15) is 5.56 Å². The first-order valence-corrected chi connectivity index (χ1v) is 6.19. The zero-order valence-electron chi connectivity index (χ0n) is 10.5. The molecule has 1 aromatic heterocycles. The lowest BCUT2D eigenvalue weighted by atomic mass is 10.1. The number of halogens is 2. The van der Waals surface area contributed by atoms with Gasteiger partial charge >= 0.3 is 5.69 Å². The van der Waals surface area contributed by atoms with Gasteiger partial charge in [0.05, 0.1) is 11.3 Å². The Morgan fingerprint density at radius 2 is 1.95 bits per heavy atom. The number of pyridine rings is 1. The summed E-state index contributed by atoms with van der Waals surface area (Å²) in [5.74, 6) is -1.15. The summed E-state index contributed by atoms with van der Waals surface area (Å²) in [6.07, 6.45) is -0.0639. The number of benzene rings is 1. The second-order valence-electron chi connectivity index (χ2n) is 4.11.